The molecule has 0 spiro atoms. The Balaban J connectivity index is 2.30. The SMILES string of the molecule is CNC1CNCCC1O. The van der Waals surface area contributed by atoms with Gasteiger partial charge in [0, 0.05) is 12.6 Å². The quantitative estimate of drug-likeness (QED) is 0.423. The summed E-state index contributed by atoms with van der Waals surface area (Å²) in [5.41, 5.74) is 0. The molecule has 1 saturated heterocycles. The van der Waals surface area contributed by atoms with E-state index in [4.69, 9.17) is 0 Å². The molecule has 0 aromatic carbocycles. The van der Waals surface area contributed by atoms with E-state index < -0.39 is 0 Å². The van der Waals surface area contributed by atoms with E-state index in [0.29, 0.717) is 0 Å². The van der Waals surface area contributed by atoms with Gasteiger partial charge in [0.2, 0.25) is 0 Å². The molecule has 0 amide bonds. The molecular weight excluding hydrogens is 116 g/mol. The number of nitrogens with one attached hydrogen (secondary N) is 2. The van der Waals surface area contributed by atoms with Crippen LogP contribution in [0.5, 0.6) is 0 Å². The Morgan fingerprint density at radius 1 is 1.67 bits per heavy atom. The average Bonchev–Trinajstić information content (AvgIpc) is 1.89. The van der Waals surface area contributed by atoms with Crippen LogP contribution < -0.4 is 10.6 Å². The van der Waals surface area contributed by atoms with Crippen molar-refractivity contribution in [1.29, 1.82) is 0 Å². The number of hydrogen-bond donors (Lipinski definition) is 3. The Morgan fingerprint density at radius 3 is 2.89 bits per heavy atom. The highest BCUT2D eigenvalue weighted by molar-refractivity contribution is 4.81. The van der Waals surface area contributed by atoms with Crippen LogP contribution in [0, 0.1) is 0 Å². The number of piperidine rings is 1. The van der Waals surface area contributed by atoms with E-state index >= 15 is 0 Å². The molecule has 0 aromatic rings. The van der Waals surface area contributed by atoms with Crippen molar-refractivity contribution in [1.82, 2.24) is 10.6 Å². The van der Waals surface area contributed by atoms with Gasteiger partial charge >= 0.3 is 0 Å². The van der Waals surface area contributed by atoms with Crippen molar-refractivity contribution < 1.29 is 5.11 Å². The van der Waals surface area contributed by atoms with Crippen LogP contribution in [0.1, 0.15) is 6.42 Å². The molecule has 3 N–H and O–H groups in total. The molecule has 1 aliphatic rings. The van der Waals surface area contributed by atoms with Gasteiger partial charge in [0.25, 0.3) is 0 Å². The second-order valence-corrected chi connectivity index (χ2v) is 2.46. The molecular formula is C6H14N2O. The monoisotopic (exact) mass is 130 g/mol. The van der Waals surface area contributed by atoms with E-state index in [1.165, 1.54) is 0 Å². The summed E-state index contributed by atoms with van der Waals surface area (Å²) in [6, 6.07) is 0.249. The van der Waals surface area contributed by atoms with Gasteiger partial charge in [-0.05, 0) is 20.0 Å². The molecule has 3 heteroatoms. The standard InChI is InChI=1S/C6H14N2O/c1-7-5-4-8-3-2-6(5)9/h5-9H,2-4H2,1H3. The second kappa shape index (κ2) is 3.15. The van der Waals surface area contributed by atoms with Crippen molar-refractivity contribution in [2.75, 3.05) is 20.1 Å². The first-order valence-corrected chi connectivity index (χ1v) is 3.40. The van der Waals surface area contributed by atoms with E-state index in [-0.39, 0.29) is 12.1 Å². The van der Waals surface area contributed by atoms with Crippen molar-refractivity contribution >= 4 is 0 Å². The zero-order valence-corrected chi connectivity index (χ0v) is 5.72. The van der Waals surface area contributed by atoms with E-state index in [2.05, 4.69) is 10.6 Å². The van der Waals surface area contributed by atoms with Crippen LogP contribution in [-0.4, -0.2) is 37.4 Å². The molecule has 54 valence electrons. The topological polar surface area (TPSA) is 44.3 Å². The number of rotatable bonds is 1. The highest BCUT2D eigenvalue weighted by Gasteiger charge is 2.19. The van der Waals surface area contributed by atoms with Crippen LogP contribution in [0.2, 0.25) is 0 Å². The number of hydrogen-bond acceptors (Lipinski definition) is 3. The first-order chi connectivity index (χ1) is 4.34. The first-order valence-electron chi connectivity index (χ1n) is 3.40. The fraction of sp³-hybridized carbons (Fsp3) is 1.00. The molecule has 1 aliphatic heterocycles. The molecule has 0 saturated carbocycles. The van der Waals surface area contributed by atoms with Crippen LogP contribution >= 0.6 is 0 Å². The number of aliphatic hydroxyl groups excluding tert-OH is 1. The van der Waals surface area contributed by atoms with Crippen LogP contribution in [-0.2, 0) is 0 Å². The lowest BCUT2D eigenvalue weighted by Gasteiger charge is -2.27. The van der Waals surface area contributed by atoms with Gasteiger partial charge in [-0.25, -0.2) is 0 Å². The van der Waals surface area contributed by atoms with Gasteiger partial charge in [-0.2, -0.15) is 0 Å². The van der Waals surface area contributed by atoms with Gasteiger partial charge in [-0.1, -0.05) is 0 Å². The lowest BCUT2D eigenvalue weighted by molar-refractivity contribution is 0.103. The van der Waals surface area contributed by atoms with E-state index in [1.807, 2.05) is 7.05 Å². The molecule has 3 nitrogen and oxygen atoms in total. The van der Waals surface area contributed by atoms with Crippen molar-refractivity contribution in [2.24, 2.45) is 0 Å². The fourth-order valence-electron chi connectivity index (χ4n) is 1.14. The lowest BCUT2D eigenvalue weighted by atomic mass is 10.0. The maximum absolute atomic E-state index is 9.27. The normalized spacial score (nSPS) is 36.7. The predicted molar refractivity (Wildman–Crippen MR) is 36.3 cm³/mol. The molecule has 9 heavy (non-hydrogen) atoms. The smallest absolute Gasteiger partial charge is 0.0717 e. The third-order valence-corrected chi connectivity index (χ3v) is 1.82. The van der Waals surface area contributed by atoms with Gasteiger partial charge in [0.15, 0.2) is 0 Å². The van der Waals surface area contributed by atoms with Crippen LogP contribution in [0.25, 0.3) is 0 Å². The highest BCUT2D eigenvalue weighted by atomic mass is 16.3. The summed E-state index contributed by atoms with van der Waals surface area (Å²) in [6.07, 6.45) is 0.710. The predicted octanol–water partition coefficient (Wildman–Crippen LogP) is -1.07. The van der Waals surface area contributed by atoms with Crippen molar-refractivity contribution in [3.8, 4) is 0 Å². The van der Waals surface area contributed by atoms with Gasteiger partial charge in [-0.15, -0.1) is 0 Å². The average molecular weight is 130 g/mol. The van der Waals surface area contributed by atoms with Crippen molar-refractivity contribution in [2.45, 2.75) is 18.6 Å². The van der Waals surface area contributed by atoms with Crippen molar-refractivity contribution in [3.05, 3.63) is 0 Å². The Hall–Kier alpha value is -0.120. The van der Waals surface area contributed by atoms with E-state index in [0.717, 1.165) is 19.5 Å². The lowest BCUT2D eigenvalue weighted by Crippen LogP contribution is -2.50. The third-order valence-electron chi connectivity index (χ3n) is 1.82. The largest absolute Gasteiger partial charge is 0.391 e. The minimum absolute atomic E-state index is 0.156. The van der Waals surface area contributed by atoms with Crippen molar-refractivity contribution in [3.63, 3.8) is 0 Å². The Kier molecular flexibility index (Phi) is 2.45. The third kappa shape index (κ3) is 1.64. The van der Waals surface area contributed by atoms with Crippen LogP contribution in [0.4, 0.5) is 0 Å². The maximum Gasteiger partial charge on any atom is 0.0717 e. The summed E-state index contributed by atoms with van der Waals surface area (Å²) in [7, 11) is 1.88. The van der Waals surface area contributed by atoms with Gasteiger partial charge in [0.1, 0.15) is 0 Å². The molecule has 0 bridgehead atoms. The minimum Gasteiger partial charge on any atom is -0.391 e. The Labute approximate surface area is 55.5 Å². The maximum atomic E-state index is 9.27. The van der Waals surface area contributed by atoms with Gasteiger partial charge < -0.3 is 15.7 Å². The summed E-state index contributed by atoms with van der Waals surface area (Å²) in [4.78, 5) is 0. The molecule has 1 heterocycles. The fourth-order valence-corrected chi connectivity index (χ4v) is 1.14. The van der Waals surface area contributed by atoms with E-state index in [1.54, 1.807) is 0 Å². The van der Waals surface area contributed by atoms with Gasteiger partial charge in [0.05, 0.1) is 6.10 Å². The van der Waals surface area contributed by atoms with Gasteiger partial charge in [-0.3, -0.25) is 0 Å². The molecule has 2 atom stereocenters. The summed E-state index contributed by atoms with van der Waals surface area (Å²) >= 11 is 0. The van der Waals surface area contributed by atoms with Crippen LogP contribution in [0.3, 0.4) is 0 Å². The number of likely N-dealkylation sites (N-methyl/N-ethyl adjacent to an activating group) is 1. The van der Waals surface area contributed by atoms with Crippen LogP contribution in [0.15, 0.2) is 0 Å². The zero-order valence-electron chi connectivity index (χ0n) is 5.72. The van der Waals surface area contributed by atoms with E-state index in [9.17, 15) is 5.11 Å². The minimum atomic E-state index is -0.156. The zero-order chi connectivity index (χ0) is 6.69. The molecule has 0 aliphatic carbocycles. The Morgan fingerprint density at radius 2 is 2.44 bits per heavy atom. The molecule has 0 aromatic heterocycles. The molecule has 0 radical (unpaired) electrons. The second-order valence-electron chi connectivity index (χ2n) is 2.46. The molecule has 2 unspecified atom stereocenters. The summed E-state index contributed by atoms with van der Waals surface area (Å²) in [6.45, 7) is 1.83. The summed E-state index contributed by atoms with van der Waals surface area (Å²) in [5.74, 6) is 0. The molecule has 1 rings (SSSR count). The summed E-state index contributed by atoms with van der Waals surface area (Å²) in [5, 5.41) is 15.5. The first kappa shape index (κ1) is 6.99. The number of aliphatic hydroxyl groups is 1. The summed E-state index contributed by atoms with van der Waals surface area (Å²) < 4.78 is 0. The highest BCUT2D eigenvalue weighted by Crippen LogP contribution is 2.01. The Bertz CT molecular complexity index is 87.1. The molecule has 1 fully saturated rings.